The monoisotopic (exact) mass is 350 g/mol. The first-order valence-corrected chi connectivity index (χ1v) is 9.15. The van der Waals surface area contributed by atoms with Crippen LogP contribution in [-0.2, 0) is 6.54 Å². The van der Waals surface area contributed by atoms with E-state index in [1.165, 1.54) is 0 Å². The van der Waals surface area contributed by atoms with Crippen molar-refractivity contribution in [3.63, 3.8) is 0 Å². The number of aryl methyl sites for hydroxylation is 2. The summed E-state index contributed by atoms with van der Waals surface area (Å²) in [6, 6.07) is 8.35. The molecule has 1 N–H and O–H groups in total. The molecule has 3 rings (SSSR count). The van der Waals surface area contributed by atoms with E-state index in [4.69, 9.17) is 0 Å². The number of likely N-dealkylation sites (N-methyl/N-ethyl adjacent to an activating group) is 1. The molecule has 2 aromatic heterocycles. The summed E-state index contributed by atoms with van der Waals surface area (Å²) >= 11 is 0. The van der Waals surface area contributed by atoms with Crippen molar-refractivity contribution in [2.24, 2.45) is 0 Å². The van der Waals surface area contributed by atoms with Gasteiger partial charge in [0.05, 0.1) is 16.9 Å². The number of piperazine rings is 1. The third-order valence-electron chi connectivity index (χ3n) is 4.88. The molecule has 0 amide bonds. The number of rotatable bonds is 5. The molecule has 0 unspecified atom stereocenters. The van der Waals surface area contributed by atoms with E-state index >= 15 is 0 Å². The Balaban J connectivity index is 1.63. The van der Waals surface area contributed by atoms with Crippen molar-refractivity contribution in [2.45, 2.75) is 27.3 Å². The fraction of sp³-hybridized carbons (Fsp3) is 0.450. The lowest BCUT2D eigenvalue weighted by molar-refractivity contribution is 0.270. The van der Waals surface area contributed by atoms with Gasteiger partial charge in [0, 0.05) is 44.6 Å². The van der Waals surface area contributed by atoms with Crippen LogP contribution in [0.25, 0.3) is 0 Å². The Morgan fingerprint density at radius 3 is 2.58 bits per heavy atom. The van der Waals surface area contributed by atoms with Crippen molar-refractivity contribution in [1.82, 2.24) is 14.9 Å². The van der Waals surface area contributed by atoms with Gasteiger partial charge in [0.2, 0.25) is 0 Å². The second-order valence-corrected chi connectivity index (χ2v) is 6.68. The molecule has 1 saturated heterocycles. The highest BCUT2D eigenvalue weighted by Crippen LogP contribution is 2.20. The van der Waals surface area contributed by atoms with Crippen LogP contribution in [0.5, 0.6) is 0 Å². The van der Waals surface area contributed by atoms with Crippen LogP contribution < -0.4 is 10.2 Å². The smallest absolute Gasteiger partial charge is 0.128 e. The van der Waals surface area contributed by atoms with E-state index in [9.17, 15) is 5.26 Å². The lowest BCUT2D eigenvalue weighted by Gasteiger charge is -2.34. The maximum absolute atomic E-state index is 9.35. The number of nitrogens with one attached hydrogen (secondary N) is 1. The summed E-state index contributed by atoms with van der Waals surface area (Å²) in [4.78, 5) is 13.8. The van der Waals surface area contributed by atoms with Gasteiger partial charge in [0.25, 0.3) is 0 Å². The fourth-order valence-corrected chi connectivity index (χ4v) is 3.31. The minimum atomic E-state index is 0.606. The van der Waals surface area contributed by atoms with Gasteiger partial charge >= 0.3 is 0 Å². The van der Waals surface area contributed by atoms with Gasteiger partial charge in [0.1, 0.15) is 11.9 Å². The number of nitriles is 1. The van der Waals surface area contributed by atoms with Gasteiger partial charge in [-0.05, 0) is 38.1 Å². The van der Waals surface area contributed by atoms with Crippen LogP contribution in [0.2, 0.25) is 0 Å². The fourth-order valence-electron chi connectivity index (χ4n) is 3.31. The number of anilines is 2. The quantitative estimate of drug-likeness (QED) is 0.894. The Kier molecular flexibility index (Phi) is 5.69. The number of hydrogen-bond donors (Lipinski definition) is 1. The number of nitrogens with zero attached hydrogens (tertiary/aromatic N) is 5. The summed E-state index contributed by atoms with van der Waals surface area (Å²) in [5.74, 6) is 1.04. The van der Waals surface area contributed by atoms with E-state index in [1.807, 2.05) is 26.1 Å². The van der Waals surface area contributed by atoms with E-state index < -0.39 is 0 Å². The second-order valence-electron chi connectivity index (χ2n) is 6.68. The minimum Gasteiger partial charge on any atom is -0.380 e. The van der Waals surface area contributed by atoms with Gasteiger partial charge < -0.3 is 15.1 Å². The molecule has 0 radical (unpaired) electrons. The molecule has 0 aromatic carbocycles. The van der Waals surface area contributed by atoms with Gasteiger partial charge in [-0.3, -0.25) is 4.98 Å². The van der Waals surface area contributed by atoms with Crippen LogP contribution in [-0.4, -0.2) is 47.6 Å². The molecule has 0 aliphatic carbocycles. The maximum Gasteiger partial charge on any atom is 0.128 e. The summed E-state index contributed by atoms with van der Waals surface area (Å²) in [5, 5.41) is 12.7. The Bertz CT molecular complexity index is 785. The maximum atomic E-state index is 9.35. The van der Waals surface area contributed by atoms with Gasteiger partial charge in [0.15, 0.2) is 0 Å². The summed E-state index contributed by atoms with van der Waals surface area (Å²) in [6.07, 6.45) is 1.92. The Morgan fingerprint density at radius 2 is 1.96 bits per heavy atom. The molecule has 6 nitrogen and oxygen atoms in total. The molecule has 0 spiro atoms. The Hall–Kier alpha value is -2.65. The Labute approximate surface area is 155 Å². The minimum absolute atomic E-state index is 0.606. The molecule has 1 aliphatic heterocycles. The molecular weight excluding hydrogens is 324 g/mol. The molecule has 6 heteroatoms. The van der Waals surface area contributed by atoms with Crippen molar-refractivity contribution in [3.05, 3.63) is 46.9 Å². The third kappa shape index (κ3) is 4.12. The van der Waals surface area contributed by atoms with E-state index in [0.717, 1.165) is 61.2 Å². The van der Waals surface area contributed by atoms with Gasteiger partial charge in [-0.2, -0.15) is 5.26 Å². The van der Waals surface area contributed by atoms with E-state index in [2.05, 4.69) is 50.2 Å². The van der Waals surface area contributed by atoms with E-state index in [1.54, 1.807) is 0 Å². The molecule has 3 heterocycles. The average Bonchev–Trinajstić information content (AvgIpc) is 2.66. The molecule has 0 atom stereocenters. The lowest BCUT2D eigenvalue weighted by atomic mass is 10.1. The van der Waals surface area contributed by atoms with Crippen molar-refractivity contribution in [1.29, 1.82) is 5.26 Å². The zero-order valence-electron chi connectivity index (χ0n) is 15.8. The highest BCUT2D eigenvalue weighted by Gasteiger charge is 2.16. The summed E-state index contributed by atoms with van der Waals surface area (Å²) in [6.45, 7) is 12.0. The first-order chi connectivity index (χ1) is 12.6. The van der Waals surface area contributed by atoms with E-state index in [-0.39, 0.29) is 0 Å². The van der Waals surface area contributed by atoms with Crippen LogP contribution in [0.1, 0.15) is 29.4 Å². The molecule has 2 aromatic rings. The third-order valence-corrected chi connectivity index (χ3v) is 4.88. The van der Waals surface area contributed by atoms with Crippen LogP contribution >= 0.6 is 0 Å². The van der Waals surface area contributed by atoms with Crippen molar-refractivity contribution >= 4 is 11.5 Å². The van der Waals surface area contributed by atoms with Crippen molar-refractivity contribution in [3.8, 4) is 6.07 Å². The van der Waals surface area contributed by atoms with Gasteiger partial charge in [-0.15, -0.1) is 0 Å². The molecule has 0 saturated carbocycles. The van der Waals surface area contributed by atoms with Crippen LogP contribution in [0.3, 0.4) is 0 Å². The topological polar surface area (TPSA) is 68.1 Å². The lowest BCUT2D eigenvalue weighted by Crippen LogP contribution is -2.46. The highest BCUT2D eigenvalue weighted by molar-refractivity contribution is 5.60. The van der Waals surface area contributed by atoms with Gasteiger partial charge in [-0.25, -0.2) is 4.98 Å². The summed E-state index contributed by atoms with van der Waals surface area (Å²) in [5.41, 5.74) is 4.20. The average molecular weight is 350 g/mol. The zero-order chi connectivity index (χ0) is 18.5. The highest BCUT2D eigenvalue weighted by atomic mass is 15.3. The number of pyridine rings is 2. The largest absolute Gasteiger partial charge is 0.380 e. The van der Waals surface area contributed by atoms with Crippen molar-refractivity contribution < 1.29 is 0 Å². The molecule has 26 heavy (non-hydrogen) atoms. The normalized spacial score (nSPS) is 14.9. The number of hydrogen-bond acceptors (Lipinski definition) is 6. The summed E-state index contributed by atoms with van der Waals surface area (Å²) < 4.78 is 0. The first-order valence-electron chi connectivity index (χ1n) is 9.15. The van der Waals surface area contributed by atoms with Crippen LogP contribution in [0, 0.1) is 25.2 Å². The zero-order valence-corrected chi connectivity index (χ0v) is 15.8. The number of aromatic nitrogens is 2. The van der Waals surface area contributed by atoms with Gasteiger partial charge in [-0.1, -0.05) is 13.0 Å². The van der Waals surface area contributed by atoms with Crippen LogP contribution in [0.4, 0.5) is 11.5 Å². The standard InChI is InChI=1S/C20H26N6/c1-4-25-7-9-26(10-8-25)20-6-5-17(14-23-20)13-22-19-11-15(2)24-16(3)18(19)12-21/h5-6,11,14H,4,7-10,13H2,1-3H3,(H,22,24). The molecule has 0 bridgehead atoms. The first kappa shape index (κ1) is 18.2. The Morgan fingerprint density at radius 1 is 1.19 bits per heavy atom. The molecule has 136 valence electrons. The SMILES string of the molecule is CCN1CCN(c2ccc(CNc3cc(C)nc(C)c3C#N)cn2)CC1. The molecular formula is C20H26N6. The van der Waals surface area contributed by atoms with Crippen molar-refractivity contribution in [2.75, 3.05) is 42.9 Å². The van der Waals surface area contributed by atoms with E-state index in [0.29, 0.717) is 12.1 Å². The summed E-state index contributed by atoms with van der Waals surface area (Å²) in [7, 11) is 0. The molecule has 1 aliphatic rings. The predicted molar refractivity (Wildman–Crippen MR) is 104 cm³/mol. The predicted octanol–water partition coefficient (Wildman–Crippen LogP) is 2.72. The van der Waals surface area contributed by atoms with Crippen LogP contribution in [0.15, 0.2) is 24.4 Å². The second kappa shape index (κ2) is 8.15. The molecule has 1 fully saturated rings.